The maximum atomic E-state index is 5.83. The third-order valence-corrected chi connectivity index (χ3v) is 2.79. The first-order valence-corrected chi connectivity index (χ1v) is 5.41. The molecular formula is C13H12N4. The maximum absolute atomic E-state index is 5.83. The molecule has 2 aromatic heterocycles. The molecule has 0 aliphatic rings. The number of aromatic nitrogens is 3. The number of rotatable bonds is 1. The Morgan fingerprint density at radius 1 is 1.18 bits per heavy atom. The minimum Gasteiger partial charge on any atom is -0.396 e. The van der Waals surface area contributed by atoms with Crippen LogP contribution in [0.5, 0.6) is 0 Å². The Bertz CT molecular complexity index is 685. The highest BCUT2D eigenvalue weighted by atomic mass is 15.1. The second kappa shape index (κ2) is 3.59. The summed E-state index contributed by atoms with van der Waals surface area (Å²) in [5.74, 6) is 0. The van der Waals surface area contributed by atoms with Gasteiger partial charge >= 0.3 is 0 Å². The molecule has 0 saturated heterocycles. The normalized spacial score (nSPS) is 10.9. The number of anilines is 1. The molecule has 84 valence electrons. The van der Waals surface area contributed by atoms with Crippen LogP contribution < -0.4 is 5.73 Å². The fourth-order valence-corrected chi connectivity index (χ4v) is 1.91. The average Bonchev–Trinajstić information content (AvgIpc) is 2.75. The first-order valence-electron chi connectivity index (χ1n) is 5.41. The SMILES string of the molecule is Cc1ccc2cc(-c3[nH]ncc3N)ccc2n1. The van der Waals surface area contributed by atoms with Crippen LogP contribution in [0.25, 0.3) is 22.2 Å². The molecule has 0 bridgehead atoms. The van der Waals surface area contributed by atoms with Gasteiger partial charge in [0.25, 0.3) is 0 Å². The Morgan fingerprint density at radius 2 is 2.06 bits per heavy atom. The first-order chi connectivity index (χ1) is 8.24. The summed E-state index contributed by atoms with van der Waals surface area (Å²) in [5, 5.41) is 7.93. The molecule has 0 spiro atoms. The Labute approximate surface area is 98.5 Å². The molecule has 0 radical (unpaired) electrons. The summed E-state index contributed by atoms with van der Waals surface area (Å²) in [6.07, 6.45) is 1.62. The van der Waals surface area contributed by atoms with E-state index >= 15 is 0 Å². The Kier molecular flexibility index (Phi) is 2.08. The van der Waals surface area contributed by atoms with Crippen molar-refractivity contribution < 1.29 is 0 Å². The monoisotopic (exact) mass is 224 g/mol. The highest BCUT2D eigenvalue weighted by molar-refractivity contribution is 5.86. The van der Waals surface area contributed by atoms with Gasteiger partial charge in [-0.2, -0.15) is 5.10 Å². The number of pyridine rings is 1. The van der Waals surface area contributed by atoms with Crippen LogP contribution in [0.1, 0.15) is 5.69 Å². The molecule has 0 aliphatic carbocycles. The quantitative estimate of drug-likeness (QED) is 0.667. The smallest absolute Gasteiger partial charge is 0.0880 e. The molecule has 0 aliphatic heterocycles. The highest BCUT2D eigenvalue weighted by Gasteiger charge is 2.05. The van der Waals surface area contributed by atoms with Crippen LogP contribution in [0, 0.1) is 6.92 Å². The van der Waals surface area contributed by atoms with Gasteiger partial charge in [-0.05, 0) is 25.1 Å². The van der Waals surface area contributed by atoms with Gasteiger partial charge in [0.15, 0.2) is 0 Å². The van der Waals surface area contributed by atoms with Crippen LogP contribution in [0.2, 0.25) is 0 Å². The van der Waals surface area contributed by atoms with Crippen LogP contribution in [-0.2, 0) is 0 Å². The number of nitrogens with zero attached hydrogens (tertiary/aromatic N) is 2. The number of hydrogen-bond donors (Lipinski definition) is 2. The van der Waals surface area contributed by atoms with Crippen LogP contribution in [0.3, 0.4) is 0 Å². The molecule has 17 heavy (non-hydrogen) atoms. The zero-order valence-electron chi connectivity index (χ0n) is 9.44. The number of aryl methyl sites for hydroxylation is 1. The molecule has 1 aromatic carbocycles. The van der Waals surface area contributed by atoms with E-state index < -0.39 is 0 Å². The standard InChI is InChI=1S/C13H12N4/c1-8-2-3-9-6-10(4-5-12(9)16-8)13-11(14)7-15-17-13/h2-7H,14H2,1H3,(H,15,17). The van der Waals surface area contributed by atoms with Gasteiger partial charge in [-0.3, -0.25) is 10.1 Å². The molecule has 0 unspecified atom stereocenters. The van der Waals surface area contributed by atoms with Gasteiger partial charge in [0.2, 0.25) is 0 Å². The van der Waals surface area contributed by atoms with Gasteiger partial charge in [-0.1, -0.05) is 12.1 Å². The molecule has 2 heterocycles. The van der Waals surface area contributed by atoms with Crippen molar-refractivity contribution in [1.29, 1.82) is 0 Å². The van der Waals surface area contributed by atoms with Crippen molar-refractivity contribution in [2.75, 3.05) is 5.73 Å². The highest BCUT2D eigenvalue weighted by Crippen LogP contribution is 2.25. The molecule has 0 fully saturated rings. The Morgan fingerprint density at radius 3 is 2.82 bits per heavy atom. The van der Waals surface area contributed by atoms with Crippen LogP contribution in [-0.4, -0.2) is 15.2 Å². The van der Waals surface area contributed by atoms with E-state index in [4.69, 9.17) is 5.73 Å². The van der Waals surface area contributed by atoms with E-state index in [9.17, 15) is 0 Å². The largest absolute Gasteiger partial charge is 0.396 e. The number of nitrogen functional groups attached to an aromatic ring is 1. The van der Waals surface area contributed by atoms with E-state index in [0.717, 1.165) is 27.9 Å². The van der Waals surface area contributed by atoms with Crippen molar-refractivity contribution in [3.63, 3.8) is 0 Å². The van der Waals surface area contributed by atoms with Crippen LogP contribution in [0.4, 0.5) is 5.69 Å². The van der Waals surface area contributed by atoms with Gasteiger partial charge in [0.1, 0.15) is 0 Å². The molecule has 4 nitrogen and oxygen atoms in total. The third kappa shape index (κ3) is 1.63. The second-order valence-electron chi connectivity index (χ2n) is 4.06. The van der Waals surface area contributed by atoms with E-state index in [0.29, 0.717) is 5.69 Å². The lowest BCUT2D eigenvalue weighted by Gasteiger charge is -2.03. The number of H-pyrrole nitrogens is 1. The summed E-state index contributed by atoms with van der Waals surface area (Å²) in [7, 11) is 0. The summed E-state index contributed by atoms with van der Waals surface area (Å²) < 4.78 is 0. The Hall–Kier alpha value is -2.36. The number of hydrogen-bond acceptors (Lipinski definition) is 3. The summed E-state index contributed by atoms with van der Waals surface area (Å²) >= 11 is 0. The van der Waals surface area contributed by atoms with E-state index in [1.807, 2.05) is 25.1 Å². The van der Waals surface area contributed by atoms with Crippen molar-refractivity contribution in [2.45, 2.75) is 6.92 Å². The zero-order chi connectivity index (χ0) is 11.8. The molecule has 3 rings (SSSR count). The van der Waals surface area contributed by atoms with Crippen LogP contribution >= 0.6 is 0 Å². The fourth-order valence-electron chi connectivity index (χ4n) is 1.91. The first kappa shape index (κ1) is 9.84. The predicted octanol–water partition coefficient (Wildman–Crippen LogP) is 2.52. The number of benzene rings is 1. The molecule has 3 N–H and O–H groups in total. The van der Waals surface area contributed by atoms with Crippen molar-refractivity contribution in [2.24, 2.45) is 0 Å². The molecular weight excluding hydrogens is 212 g/mol. The van der Waals surface area contributed by atoms with E-state index in [-0.39, 0.29) is 0 Å². The molecule has 4 heteroatoms. The van der Waals surface area contributed by atoms with Crippen molar-refractivity contribution >= 4 is 16.6 Å². The van der Waals surface area contributed by atoms with E-state index in [1.165, 1.54) is 0 Å². The van der Waals surface area contributed by atoms with Gasteiger partial charge in [-0.15, -0.1) is 0 Å². The number of nitrogens with two attached hydrogens (primary N) is 1. The number of aromatic amines is 1. The lowest BCUT2D eigenvalue weighted by Crippen LogP contribution is -1.88. The van der Waals surface area contributed by atoms with Crippen molar-refractivity contribution in [3.05, 3.63) is 42.2 Å². The van der Waals surface area contributed by atoms with Crippen molar-refractivity contribution in [1.82, 2.24) is 15.2 Å². The van der Waals surface area contributed by atoms with Gasteiger partial charge < -0.3 is 5.73 Å². The summed E-state index contributed by atoms with van der Waals surface area (Å²) in [4.78, 5) is 4.46. The predicted molar refractivity (Wildman–Crippen MR) is 68.5 cm³/mol. The second-order valence-corrected chi connectivity index (χ2v) is 4.06. The number of fused-ring (bicyclic) bond motifs is 1. The average molecular weight is 224 g/mol. The Balaban J connectivity index is 2.20. The van der Waals surface area contributed by atoms with Gasteiger partial charge in [0, 0.05) is 16.6 Å². The van der Waals surface area contributed by atoms with Crippen LogP contribution in [0.15, 0.2) is 36.5 Å². The molecule has 0 amide bonds. The maximum Gasteiger partial charge on any atom is 0.0880 e. The fraction of sp³-hybridized carbons (Fsp3) is 0.0769. The minimum atomic E-state index is 0.657. The van der Waals surface area contributed by atoms with Gasteiger partial charge in [0.05, 0.1) is 23.1 Å². The van der Waals surface area contributed by atoms with E-state index in [2.05, 4.69) is 27.3 Å². The van der Waals surface area contributed by atoms with Crippen molar-refractivity contribution in [3.8, 4) is 11.3 Å². The summed E-state index contributed by atoms with van der Waals surface area (Å²) in [5.41, 5.74) is 10.4. The topological polar surface area (TPSA) is 67.6 Å². The molecule has 0 saturated carbocycles. The minimum absolute atomic E-state index is 0.657. The van der Waals surface area contributed by atoms with Gasteiger partial charge in [-0.25, -0.2) is 0 Å². The molecule has 3 aromatic rings. The summed E-state index contributed by atoms with van der Waals surface area (Å²) in [6, 6.07) is 10.1. The lowest BCUT2D eigenvalue weighted by molar-refractivity contribution is 1.10. The zero-order valence-corrected chi connectivity index (χ0v) is 9.44. The van der Waals surface area contributed by atoms with E-state index in [1.54, 1.807) is 6.20 Å². The number of nitrogens with one attached hydrogen (secondary N) is 1. The lowest BCUT2D eigenvalue weighted by atomic mass is 10.1. The third-order valence-electron chi connectivity index (χ3n) is 2.79. The summed E-state index contributed by atoms with van der Waals surface area (Å²) in [6.45, 7) is 1.99. The molecule has 0 atom stereocenters.